The van der Waals surface area contributed by atoms with Crippen LogP contribution >= 0.6 is 0 Å². The van der Waals surface area contributed by atoms with E-state index in [1.165, 1.54) is 0 Å². The predicted molar refractivity (Wildman–Crippen MR) is 95.0 cm³/mol. The van der Waals surface area contributed by atoms with Gasteiger partial charge in [-0.3, -0.25) is 4.79 Å². The van der Waals surface area contributed by atoms with Crippen LogP contribution in [0, 0.1) is 5.41 Å². The van der Waals surface area contributed by atoms with E-state index in [9.17, 15) is 4.79 Å². The second kappa shape index (κ2) is 8.11. The second-order valence-corrected chi connectivity index (χ2v) is 7.13. The van der Waals surface area contributed by atoms with Gasteiger partial charge in [0.1, 0.15) is 0 Å². The monoisotopic (exact) mass is 329 g/mol. The minimum atomic E-state index is -0.0728. The summed E-state index contributed by atoms with van der Waals surface area (Å²) in [5.74, 6) is 0.0100. The summed E-state index contributed by atoms with van der Waals surface area (Å²) in [6, 6.07) is 9.87. The summed E-state index contributed by atoms with van der Waals surface area (Å²) in [4.78, 5) is 12.2. The number of para-hydroxylation sites is 1. The predicted octanol–water partition coefficient (Wildman–Crippen LogP) is 2.72. The summed E-state index contributed by atoms with van der Waals surface area (Å²) in [7, 11) is 0. The minimum absolute atomic E-state index is 0.0100. The van der Waals surface area contributed by atoms with E-state index in [1.807, 2.05) is 41.2 Å². The van der Waals surface area contributed by atoms with Gasteiger partial charge in [0.25, 0.3) is 0 Å². The molecule has 0 saturated heterocycles. The van der Waals surface area contributed by atoms with Crippen molar-refractivity contribution in [2.75, 3.05) is 6.61 Å². The van der Waals surface area contributed by atoms with Gasteiger partial charge in [-0.15, -0.1) is 0 Å². The molecule has 2 rings (SSSR count). The van der Waals surface area contributed by atoms with Crippen molar-refractivity contribution in [2.24, 2.45) is 5.41 Å². The highest BCUT2D eigenvalue weighted by Gasteiger charge is 2.25. The molecule has 5 nitrogen and oxygen atoms in total. The van der Waals surface area contributed by atoms with E-state index in [0.717, 1.165) is 11.3 Å². The number of aliphatic hydroxyl groups excluding tert-OH is 1. The van der Waals surface area contributed by atoms with Crippen LogP contribution in [0.1, 0.15) is 39.2 Å². The van der Waals surface area contributed by atoms with E-state index in [1.54, 1.807) is 6.20 Å². The van der Waals surface area contributed by atoms with E-state index < -0.39 is 0 Å². The van der Waals surface area contributed by atoms with E-state index in [0.29, 0.717) is 19.3 Å². The van der Waals surface area contributed by atoms with Crippen molar-refractivity contribution in [1.82, 2.24) is 15.1 Å². The summed E-state index contributed by atoms with van der Waals surface area (Å²) in [5, 5.41) is 16.6. The van der Waals surface area contributed by atoms with Crippen molar-refractivity contribution in [3.8, 4) is 5.69 Å². The molecular weight excluding hydrogens is 302 g/mol. The molecule has 1 heterocycles. The number of aryl methyl sites for hydroxylation is 1. The molecule has 5 heteroatoms. The fourth-order valence-electron chi connectivity index (χ4n) is 2.59. The lowest BCUT2D eigenvalue weighted by Gasteiger charge is -2.31. The highest BCUT2D eigenvalue weighted by atomic mass is 16.3. The van der Waals surface area contributed by atoms with Gasteiger partial charge < -0.3 is 10.4 Å². The third kappa shape index (κ3) is 5.20. The first-order chi connectivity index (χ1) is 11.4. The van der Waals surface area contributed by atoms with Crippen LogP contribution in [0.25, 0.3) is 5.69 Å². The summed E-state index contributed by atoms with van der Waals surface area (Å²) < 4.78 is 1.82. The highest BCUT2D eigenvalue weighted by Crippen LogP contribution is 2.21. The molecule has 24 heavy (non-hydrogen) atoms. The number of aromatic nitrogens is 2. The van der Waals surface area contributed by atoms with Gasteiger partial charge in [0, 0.05) is 25.3 Å². The summed E-state index contributed by atoms with van der Waals surface area (Å²) in [6.45, 7) is 6.28. The first-order valence-electron chi connectivity index (χ1n) is 8.39. The Labute approximate surface area is 143 Å². The Morgan fingerprint density at radius 3 is 2.62 bits per heavy atom. The van der Waals surface area contributed by atoms with Crippen LogP contribution < -0.4 is 5.32 Å². The van der Waals surface area contributed by atoms with Gasteiger partial charge in [0.2, 0.25) is 5.91 Å². The molecule has 0 aliphatic carbocycles. The van der Waals surface area contributed by atoms with E-state index in [-0.39, 0.29) is 24.0 Å². The van der Waals surface area contributed by atoms with Gasteiger partial charge in [-0.1, -0.05) is 39.0 Å². The molecule has 1 aromatic heterocycles. The molecule has 0 spiro atoms. The van der Waals surface area contributed by atoms with Crippen molar-refractivity contribution in [3.63, 3.8) is 0 Å². The number of hydrogen-bond acceptors (Lipinski definition) is 3. The molecule has 130 valence electrons. The fourth-order valence-corrected chi connectivity index (χ4v) is 2.59. The molecule has 1 atom stereocenters. The third-order valence-electron chi connectivity index (χ3n) is 4.10. The van der Waals surface area contributed by atoms with E-state index in [4.69, 9.17) is 5.11 Å². The number of amides is 1. The van der Waals surface area contributed by atoms with Gasteiger partial charge >= 0.3 is 0 Å². The number of aliphatic hydroxyl groups is 1. The summed E-state index contributed by atoms with van der Waals surface area (Å²) in [5.41, 5.74) is 1.96. The molecule has 0 aliphatic rings. The molecule has 0 fully saturated rings. The van der Waals surface area contributed by atoms with Crippen LogP contribution in [-0.4, -0.2) is 33.4 Å². The van der Waals surface area contributed by atoms with Gasteiger partial charge in [0.15, 0.2) is 0 Å². The van der Waals surface area contributed by atoms with Crippen LogP contribution in [0.4, 0.5) is 0 Å². The molecule has 0 bridgehead atoms. The maximum absolute atomic E-state index is 12.2. The van der Waals surface area contributed by atoms with Crippen LogP contribution in [0.15, 0.2) is 42.7 Å². The Kier molecular flexibility index (Phi) is 6.15. The van der Waals surface area contributed by atoms with E-state index >= 15 is 0 Å². The smallest absolute Gasteiger partial charge is 0.220 e. The highest BCUT2D eigenvalue weighted by molar-refractivity contribution is 5.76. The van der Waals surface area contributed by atoms with Crippen molar-refractivity contribution in [2.45, 2.75) is 46.1 Å². The Hall–Kier alpha value is -2.14. The Balaban J connectivity index is 1.89. The first kappa shape index (κ1) is 18.2. The number of benzene rings is 1. The van der Waals surface area contributed by atoms with Crippen molar-refractivity contribution in [1.29, 1.82) is 0 Å². The van der Waals surface area contributed by atoms with Gasteiger partial charge in [-0.25, -0.2) is 4.68 Å². The zero-order chi connectivity index (χ0) is 17.6. The van der Waals surface area contributed by atoms with Crippen molar-refractivity contribution < 1.29 is 9.90 Å². The molecule has 0 aliphatic heterocycles. The molecule has 1 unspecified atom stereocenters. The molecule has 0 radical (unpaired) electrons. The Morgan fingerprint density at radius 1 is 1.29 bits per heavy atom. The van der Waals surface area contributed by atoms with Crippen molar-refractivity contribution in [3.05, 3.63) is 48.3 Å². The average Bonchev–Trinajstić information content (AvgIpc) is 3.01. The lowest BCUT2D eigenvalue weighted by molar-refractivity contribution is -0.122. The zero-order valence-corrected chi connectivity index (χ0v) is 14.7. The average molecular weight is 329 g/mol. The zero-order valence-electron chi connectivity index (χ0n) is 14.7. The number of hydrogen-bond donors (Lipinski definition) is 2. The summed E-state index contributed by atoms with van der Waals surface area (Å²) >= 11 is 0. The Bertz CT molecular complexity index is 644. The summed E-state index contributed by atoms with van der Waals surface area (Å²) in [6.07, 6.45) is 5.39. The Morgan fingerprint density at radius 2 is 2.00 bits per heavy atom. The third-order valence-corrected chi connectivity index (χ3v) is 4.10. The number of nitrogens with zero attached hydrogens (tertiary/aromatic N) is 2. The van der Waals surface area contributed by atoms with Crippen LogP contribution in [0.3, 0.4) is 0 Å². The molecule has 1 aromatic carbocycles. The lowest BCUT2D eigenvalue weighted by atomic mass is 9.85. The largest absolute Gasteiger partial charge is 0.396 e. The van der Waals surface area contributed by atoms with Gasteiger partial charge in [0.05, 0.1) is 11.9 Å². The molecule has 1 amide bonds. The maximum Gasteiger partial charge on any atom is 0.220 e. The SMILES string of the molecule is CC(C)(C)C(CCO)NC(=O)CCc1cnn(-c2ccccc2)c1. The topological polar surface area (TPSA) is 67.2 Å². The fraction of sp³-hybridized carbons (Fsp3) is 0.474. The minimum Gasteiger partial charge on any atom is -0.396 e. The van der Waals surface area contributed by atoms with Gasteiger partial charge in [-0.2, -0.15) is 5.10 Å². The number of carbonyl (C=O) groups excluding carboxylic acids is 1. The van der Waals surface area contributed by atoms with Gasteiger partial charge in [-0.05, 0) is 36.0 Å². The normalized spacial score (nSPS) is 12.8. The standard InChI is InChI=1S/C19H27N3O2/c1-19(2,3)17(11-12-23)21-18(24)10-9-15-13-20-22(14-15)16-7-5-4-6-8-16/h4-8,13-14,17,23H,9-12H2,1-3H3,(H,21,24). The quantitative estimate of drug-likeness (QED) is 0.821. The molecular formula is C19H27N3O2. The second-order valence-electron chi connectivity index (χ2n) is 7.13. The van der Waals surface area contributed by atoms with Crippen LogP contribution in [0.2, 0.25) is 0 Å². The molecule has 2 N–H and O–H groups in total. The number of carbonyl (C=O) groups is 1. The molecule has 0 saturated carbocycles. The lowest BCUT2D eigenvalue weighted by Crippen LogP contribution is -2.44. The van der Waals surface area contributed by atoms with Crippen molar-refractivity contribution >= 4 is 5.91 Å². The number of nitrogens with one attached hydrogen (secondary N) is 1. The van der Waals surface area contributed by atoms with Crippen LogP contribution in [0.5, 0.6) is 0 Å². The number of rotatable bonds is 7. The van der Waals surface area contributed by atoms with E-state index in [2.05, 4.69) is 31.2 Å². The molecule has 2 aromatic rings. The maximum atomic E-state index is 12.2. The van der Waals surface area contributed by atoms with Crippen LogP contribution in [-0.2, 0) is 11.2 Å². The first-order valence-corrected chi connectivity index (χ1v) is 8.39.